The number of aliphatic imine (C=N–C) groups is 1. The van der Waals surface area contributed by atoms with Crippen LogP contribution in [0, 0.1) is 5.41 Å². The van der Waals surface area contributed by atoms with Crippen LogP contribution in [0.25, 0.3) is 0 Å². The number of carboxylic acid groups (broad SMARTS) is 1. The minimum absolute atomic E-state index is 0.0338. The lowest BCUT2D eigenvalue weighted by atomic mass is 9.83. The summed E-state index contributed by atoms with van der Waals surface area (Å²) in [6.45, 7) is 4.12. The number of carboxylic acids is 1. The Morgan fingerprint density at radius 2 is 2.35 bits per heavy atom. The number of hydrogen-bond donors (Lipinski definition) is 1. The first-order valence-corrected chi connectivity index (χ1v) is 6.81. The fraction of sp³-hybridized carbons (Fsp3) is 0.500. The van der Waals surface area contributed by atoms with Crippen LogP contribution in [0.15, 0.2) is 28.8 Å². The maximum absolute atomic E-state index is 10.8. The maximum atomic E-state index is 10.8. The van der Waals surface area contributed by atoms with Gasteiger partial charge in [-0.25, -0.2) is 4.79 Å². The number of rotatable bonds is 2. The lowest BCUT2D eigenvalue weighted by Gasteiger charge is -2.28. The van der Waals surface area contributed by atoms with E-state index in [1.54, 1.807) is 0 Å². The van der Waals surface area contributed by atoms with Gasteiger partial charge in [-0.1, -0.05) is 32.1 Å². The first kappa shape index (κ1) is 12.7. The Morgan fingerprint density at radius 1 is 1.65 bits per heavy atom. The van der Waals surface area contributed by atoms with E-state index in [1.165, 1.54) is 11.8 Å². The van der Waals surface area contributed by atoms with Crippen LogP contribution in [0.2, 0.25) is 0 Å². The fourth-order valence-electron chi connectivity index (χ4n) is 1.76. The fourth-order valence-corrected chi connectivity index (χ4v) is 2.92. The van der Waals surface area contributed by atoms with Gasteiger partial charge in [0.1, 0.15) is 0 Å². The van der Waals surface area contributed by atoms with Crippen molar-refractivity contribution >= 4 is 34.4 Å². The molecular formula is C12H14ClNO2S. The van der Waals surface area contributed by atoms with Crippen molar-refractivity contribution in [2.45, 2.75) is 25.3 Å². The van der Waals surface area contributed by atoms with Crippen LogP contribution >= 0.6 is 23.4 Å². The number of nitrogens with zero attached hydrogens (tertiary/aromatic N) is 1. The number of carbonyl (C=O) groups is 1. The molecule has 1 aliphatic heterocycles. The van der Waals surface area contributed by atoms with Crippen molar-refractivity contribution in [3.63, 3.8) is 0 Å². The summed E-state index contributed by atoms with van der Waals surface area (Å²) >= 11 is 7.68. The van der Waals surface area contributed by atoms with Gasteiger partial charge in [-0.15, -0.1) is 23.4 Å². The highest BCUT2D eigenvalue weighted by Gasteiger charge is 2.31. The molecule has 0 aromatic carbocycles. The number of aliphatic carboxylic acids is 1. The van der Waals surface area contributed by atoms with Gasteiger partial charge >= 0.3 is 5.97 Å². The topological polar surface area (TPSA) is 49.7 Å². The Kier molecular flexibility index (Phi) is 3.36. The molecule has 92 valence electrons. The summed E-state index contributed by atoms with van der Waals surface area (Å²) in [5, 5.41) is 9.67. The molecule has 0 aromatic rings. The molecule has 2 atom stereocenters. The number of hydrogen-bond acceptors (Lipinski definition) is 3. The van der Waals surface area contributed by atoms with E-state index >= 15 is 0 Å². The van der Waals surface area contributed by atoms with Gasteiger partial charge in [0.25, 0.3) is 0 Å². The second kappa shape index (κ2) is 4.50. The second-order valence-corrected chi connectivity index (χ2v) is 6.26. The molecule has 1 heterocycles. The van der Waals surface area contributed by atoms with Crippen molar-refractivity contribution in [3.8, 4) is 0 Å². The average molecular weight is 272 g/mol. The average Bonchev–Trinajstić information content (AvgIpc) is 2.71. The van der Waals surface area contributed by atoms with Gasteiger partial charge in [0.15, 0.2) is 6.04 Å². The number of halogens is 1. The van der Waals surface area contributed by atoms with E-state index in [0.717, 1.165) is 10.6 Å². The van der Waals surface area contributed by atoms with Crippen molar-refractivity contribution in [1.29, 1.82) is 0 Å². The van der Waals surface area contributed by atoms with Gasteiger partial charge in [-0.2, -0.15) is 0 Å². The summed E-state index contributed by atoms with van der Waals surface area (Å²) in [4.78, 5) is 15.0. The van der Waals surface area contributed by atoms with Gasteiger partial charge in [-0.3, -0.25) is 4.99 Å². The van der Waals surface area contributed by atoms with Gasteiger partial charge in [0.05, 0.1) is 10.4 Å². The van der Waals surface area contributed by atoms with Gasteiger partial charge in [0, 0.05) is 16.7 Å². The third kappa shape index (κ3) is 2.58. The third-order valence-electron chi connectivity index (χ3n) is 2.87. The molecule has 0 saturated heterocycles. The largest absolute Gasteiger partial charge is 0.480 e. The van der Waals surface area contributed by atoms with Crippen LogP contribution in [0.5, 0.6) is 0 Å². The van der Waals surface area contributed by atoms with Crippen LogP contribution in [0.1, 0.15) is 13.8 Å². The molecule has 0 saturated carbocycles. The van der Waals surface area contributed by atoms with Crippen molar-refractivity contribution in [3.05, 3.63) is 23.8 Å². The molecule has 0 aromatic heterocycles. The zero-order chi connectivity index (χ0) is 12.6. The Bertz CT molecular complexity index is 440. The van der Waals surface area contributed by atoms with Crippen molar-refractivity contribution < 1.29 is 9.90 Å². The Balaban J connectivity index is 2.23. The molecule has 0 spiro atoms. The van der Waals surface area contributed by atoms with Crippen LogP contribution in [0.3, 0.4) is 0 Å². The SMILES string of the molecule is CC1(C)C=C(C2=NC(C(=O)O)CS2)C=CC1Cl. The molecule has 1 aliphatic carbocycles. The summed E-state index contributed by atoms with van der Waals surface area (Å²) in [5.41, 5.74) is 0.858. The van der Waals surface area contributed by atoms with E-state index in [2.05, 4.69) is 24.9 Å². The molecule has 0 radical (unpaired) electrons. The van der Waals surface area contributed by atoms with Crippen LogP contribution in [-0.2, 0) is 4.79 Å². The van der Waals surface area contributed by atoms with Crippen LogP contribution in [0.4, 0.5) is 0 Å². The van der Waals surface area contributed by atoms with Gasteiger partial charge in [0.2, 0.25) is 0 Å². The van der Waals surface area contributed by atoms with Crippen molar-refractivity contribution in [1.82, 2.24) is 0 Å². The summed E-state index contributed by atoms with van der Waals surface area (Å²) in [6.07, 6.45) is 5.94. The minimum atomic E-state index is -0.859. The summed E-state index contributed by atoms with van der Waals surface area (Å²) < 4.78 is 0. The van der Waals surface area contributed by atoms with E-state index in [-0.39, 0.29) is 10.8 Å². The monoisotopic (exact) mass is 271 g/mol. The van der Waals surface area contributed by atoms with Crippen molar-refractivity contribution in [2.75, 3.05) is 5.75 Å². The lowest BCUT2D eigenvalue weighted by Crippen LogP contribution is -2.24. The molecule has 3 nitrogen and oxygen atoms in total. The van der Waals surface area contributed by atoms with Gasteiger partial charge in [-0.05, 0) is 0 Å². The van der Waals surface area contributed by atoms with E-state index in [0.29, 0.717) is 5.75 Å². The predicted molar refractivity (Wildman–Crippen MR) is 72.0 cm³/mol. The summed E-state index contributed by atoms with van der Waals surface area (Å²) in [5.74, 6) is -0.344. The van der Waals surface area contributed by atoms with E-state index in [1.807, 2.05) is 12.2 Å². The molecular weight excluding hydrogens is 258 g/mol. The molecule has 5 heteroatoms. The van der Waals surface area contributed by atoms with Crippen molar-refractivity contribution in [2.24, 2.45) is 10.4 Å². The summed E-state index contributed by atoms with van der Waals surface area (Å²) in [6, 6.07) is -0.610. The first-order valence-electron chi connectivity index (χ1n) is 5.39. The molecule has 2 rings (SSSR count). The van der Waals surface area contributed by atoms with Gasteiger partial charge < -0.3 is 5.11 Å². The zero-order valence-corrected chi connectivity index (χ0v) is 11.3. The second-order valence-electron chi connectivity index (χ2n) is 4.78. The number of allylic oxidation sites excluding steroid dienone is 3. The van der Waals surface area contributed by atoms with E-state index in [4.69, 9.17) is 16.7 Å². The maximum Gasteiger partial charge on any atom is 0.329 e. The highest BCUT2D eigenvalue weighted by molar-refractivity contribution is 8.14. The Morgan fingerprint density at radius 3 is 2.88 bits per heavy atom. The van der Waals surface area contributed by atoms with Crippen LogP contribution in [-0.4, -0.2) is 33.3 Å². The number of thioether (sulfide) groups is 1. The van der Waals surface area contributed by atoms with E-state index in [9.17, 15) is 4.79 Å². The Labute approximate surface area is 110 Å². The number of alkyl halides is 1. The normalized spacial score (nSPS) is 31.0. The smallest absolute Gasteiger partial charge is 0.329 e. The standard InChI is InChI=1S/C12H14ClNO2S/c1-12(2)5-7(3-4-9(12)13)10-14-8(6-17-10)11(15)16/h3-5,8-9H,6H2,1-2H3,(H,15,16). The molecule has 17 heavy (non-hydrogen) atoms. The highest BCUT2D eigenvalue weighted by atomic mass is 35.5. The molecule has 0 bridgehead atoms. The molecule has 0 fully saturated rings. The molecule has 1 N–H and O–H groups in total. The van der Waals surface area contributed by atoms with E-state index < -0.39 is 12.0 Å². The quantitative estimate of drug-likeness (QED) is 0.786. The Hall–Kier alpha value is -0.740. The van der Waals surface area contributed by atoms with Crippen LogP contribution < -0.4 is 0 Å². The molecule has 2 unspecified atom stereocenters. The third-order valence-corrected chi connectivity index (χ3v) is 4.67. The minimum Gasteiger partial charge on any atom is -0.480 e. The highest BCUT2D eigenvalue weighted by Crippen LogP contribution is 2.36. The first-order chi connectivity index (χ1) is 7.90. The zero-order valence-electron chi connectivity index (χ0n) is 9.68. The predicted octanol–water partition coefficient (Wildman–Crippen LogP) is 2.71. The summed E-state index contributed by atoms with van der Waals surface area (Å²) in [7, 11) is 0. The molecule has 2 aliphatic rings. The lowest BCUT2D eigenvalue weighted by molar-refractivity contribution is -0.137. The molecule has 0 amide bonds.